The van der Waals surface area contributed by atoms with Crippen LogP contribution < -0.4 is 10.5 Å². The van der Waals surface area contributed by atoms with Crippen molar-refractivity contribution in [2.45, 2.75) is 38.8 Å². The molecule has 104 valence electrons. The van der Waals surface area contributed by atoms with Gasteiger partial charge in [0.05, 0.1) is 5.69 Å². The average Bonchev–Trinajstić information content (AvgIpc) is 2.53. The molecule has 1 aliphatic carbocycles. The summed E-state index contributed by atoms with van der Waals surface area (Å²) >= 11 is 0. The van der Waals surface area contributed by atoms with Gasteiger partial charge in [-0.25, -0.2) is 9.97 Å². The number of nitrogens with zero attached hydrogens (tertiary/aromatic N) is 2. The molecule has 0 saturated heterocycles. The Morgan fingerprint density at radius 2 is 1.85 bits per heavy atom. The van der Waals surface area contributed by atoms with Crippen molar-refractivity contribution in [3.8, 4) is 5.75 Å². The fourth-order valence-electron chi connectivity index (χ4n) is 2.63. The predicted molar refractivity (Wildman–Crippen MR) is 77.3 cm³/mol. The van der Waals surface area contributed by atoms with Crippen molar-refractivity contribution in [1.82, 2.24) is 9.97 Å². The monoisotopic (exact) mass is 269 g/mol. The summed E-state index contributed by atoms with van der Waals surface area (Å²) in [5.41, 5.74) is 9.24. The summed E-state index contributed by atoms with van der Waals surface area (Å²) in [5.74, 6) is 1.57. The fraction of sp³-hybridized carbons (Fsp3) is 0.375. The highest BCUT2D eigenvalue weighted by Gasteiger charge is 2.17. The van der Waals surface area contributed by atoms with Gasteiger partial charge in [-0.05, 0) is 43.4 Å². The van der Waals surface area contributed by atoms with E-state index in [0.717, 1.165) is 30.1 Å². The normalized spacial score (nSPS) is 13.8. The van der Waals surface area contributed by atoms with Gasteiger partial charge < -0.3 is 10.5 Å². The molecule has 3 rings (SSSR count). The summed E-state index contributed by atoms with van der Waals surface area (Å²) in [6.45, 7) is 0.869. The zero-order valence-corrected chi connectivity index (χ0v) is 11.5. The molecule has 0 aliphatic heterocycles. The lowest BCUT2D eigenvalue weighted by Crippen LogP contribution is -2.17. The quantitative estimate of drug-likeness (QED) is 0.925. The van der Waals surface area contributed by atoms with Crippen molar-refractivity contribution in [2.24, 2.45) is 5.73 Å². The molecule has 2 aromatic rings. The maximum Gasteiger partial charge on any atom is 0.166 e. The molecule has 0 atom stereocenters. The minimum absolute atomic E-state index is 0.393. The molecule has 1 heterocycles. The van der Waals surface area contributed by atoms with Crippen LogP contribution in [-0.2, 0) is 26.0 Å². The lowest BCUT2D eigenvalue weighted by Gasteiger charge is -2.18. The van der Waals surface area contributed by atoms with Crippen LogP contribution in [0.25, 0.3) is 0 Å². The number of ether oxygens (including phenoxy) is 1. The van der Waals surface area contributed by atoms with Crippen LogP contribution in [0, 0.1) is 0 Å². The van der Waals surface area contributed by atoms with Crippen LogP contribution >= 0.6 is 0 Å². The van der Waals surface area contributed by atoms with Gasteiger partial charge in [-0.15, -0.1) is 0 Å². The van der Waals surface area contributed by atoms with Crippen LogP contribution in [0.4, 0.5) is 0 Å². The maximum atomic E-state index is 5.82. The molecule has 1 aliphatic rings. The Hall–Kier alpha value is -1.94. The van der Waals surface area contributed by atoms with E-state index in [9.17, 15) is 0 Å². The van der Waals surface area contributed by atoms with Crippen molar-refractivity contribution in [3.05, 3.63) is 53.1 Å². The Morgan fingerprint density at radius 3 is 2.65 bits per heavy atom. The van der Waals surface area contributed by atoms with Crippen LogP contribution in [0.15, 0.2) is 30.3 Å². The lowest BCUT2D eigenvalue weighted by molar-refractivity contribution is 0.294. The molecule has 0 fully saturated rings. The van der Waals surface area contributed by atoms with Gasteiger partial charge >= 0.3 is 0 Å². The summed E-state index contributed by atoms with van der Waals surface area (Å²) in [6.07, 6.45) is 4.50. The number of rotatable bonds is 4. The van der Waals surface area contributed by atoms with Gasteiger partial charge in [0.2, 0.25) is 0 Å². The van der Waals surface area contributed by atoms with Gasteiger partial charge in [0.1, 0.15) is 12.4 Å². The highest BCUT2D eigenvalue weighted by Crippen LogP contribution is 2.22. The van der Waals surface area contributed by atoms with E-state index in [1.165, 1.54) is 24.1 Å². The van der Waals surface area contributed by atoms with Gasteiger partial charge in [-0.1, -0.05) is 18.2 Å². The smallest absolute Gasteiger partial charge is 0.166 e. The molecule has 1 aromatic heterocycles. The number of benzene rings is 1. The molecule has 0 spiro atoms. The summed E-state index contributed by atoms with van der Waals surface area (Å²) < 4.78 is 5.72. The van der Waals surface area contributed by atoms with E-state index >= 15 is 0 Å². The molecule has 2 N–H and O–H groups in total. The summed E-state index contributed by atoms with van der Waals surface area (Å²) in [7, 11) is 0. The first-order valence-electron chi connectivity index (χ1n) is 7.12. The van der Waals surface area contributed by atoms with Crippen molar-refractivity contribution in [1.29, 1.82) is 0 Å². The first kappa shape index (κ1) is 13.1. The van der Waals surface area contributed by atoms with Crippen LogP contribution in [0.2, 0.25) is 0 Å². The Bertz CT molecular complexity index is 567. The Balaban J connectivity index is 1.79. The highest BCUT2D eigenvalue weighted by molar-refractivity contribution is 5.28. The number of hydrogen-bond donors (Lipinski definition) is 1. The minimum Gasteiger partial charge on any atom is -0.486 e. The lowest BCUT2D eigenvalue weighted by atomic mass is 9.94. The molecule has 0 amide bonds. The zero-order chi connectivity index (χ0) is 13.8. The van der Waals surface area contributed by atoms with E-state index < -0.39 is 0 Å². The second-order valence-electron chi connectivity index (χ2n) is 5.02. The molecule has 0 bridgehead atoms. The highest BCUT2D eigenvalue weighted by atomic mass is 16.5. The molecular weight excluding hydrogens is 250 g/mol. The van der Waals surface area contributed by atoms with Crippen LogP contribution in [0.1, 0.15) is 35.6 Å². The first-order chi connectivity index (χ1) is 9.86. The molecular formula is C16H19N3O. The van der Waals surface area contributed by atoms with E-state index in [4.69, 9.17) is 10.5 Å². The first-order valence-corrected chi connectivity index (χ1v) is 7.12. The number of nitrogens with two attached hydrogens (primary N) is 1. The SMILES string of the molecule is NCc1nc(COc2ccccc2)nc2c1CCCC2. The van der Waals surface area contributed by atoms with Gasteiger partial charge in [0.25, 0.3) is 0 Å². The van der Waals surface area contributed by atoms with Crippen molar-refractivity contribution < 1.29 is 4.74 Å². The summed E-state index contributed by atoms with van der Waals surface area (Å²) in [6, 6.07) is 9.74. The van der Waals surface area contributed by atoms with Gasteiger partial charge in [0, 0.05) is 12.2 Å². The third-order valence-electron chi connectivity index (χ3n) is 3.62. The predicted octanol–water partition coefficient (Wildman–Crippen LogP) is 2.39. The van der Waals surface area contributed by atoms with E-state index in [1.54, 1.807) is 0 Å². The number of hydrogen-bond acceptors (Lipinski definition) is 4. The topological polar surface area (TPSA) is 61.0 Å². The summed E-state index contributed by atoms with van der Waals surface area (Å²) in [4.78, 5) is 9.20. The zero-order valence-electron chi connectivity index (χ0n) is 11.5. The second kappa shape index (κ2) is 6.01. The van der Waals surface area contributed by atoms with E-state index in [0.29, 0.717) is 13.2 Å². The molecule has 4 heteroatoms. The Labute approximate surface area is 119 Å². The Kier molecular flexibility index (Phi) is 3.92. The molecule has 20 heavy (non-hydrogen) atoms. The van der Waals surface area contributed by atoms with Crippen LogP contribution in [-0.4, -0.2) is 9.97 Å². The van der Waals surface area contributed by atoms with Crippen molar-refractivity contribution in [2.75, 3.05) is 0 Å². The van der Waals surface area contributed by atoms with Gasteiger partial charge in [-0.2, -0.15) is 0 Å². The van der Waals surface area contributed by atoms with Crippen LogP contribution in [0.5, 0.6) is 5.75 Å². The number of aryl methyl sites for hydroxylation is 1. The molecule has 1 aromatic carbocycles. The number of aromatic nitrogens is 2. The largest absolute Gasteiger partial charge is 0.486 e. The van der Waals surface area contributed by atoms with E-state index in [1.807, 2.05) is 30.3 Å². The maximum absolute atomic E-state index is 5.82. The third kappa shape index (κ3) is 2.80. The van der Waals surface area contributed by atoms with Gasteiger partial charge in [-0.3, -0.25) is 0 Å². The van der Waals surface area contributed by atoms with Crippen molar-refractivity contribution in [3.63, 3.8) is 0 Å². The standard InChI is InChI=1S/C16H19N3O/c17-10-15-13-8-4-5-9-14(13)18-16(19-15)11-20-12-6-2-1-3-7-12/h1-3,6-7H,4-5,8-11,17H2. The fourth-order valence-corrected chi connectivity index (χ4v) is 2.63. The molecule has 0 radical (unpaired) electrons. The van der Waals surface area contributed by atoms with Gasteiger partial charge in [0.15, 0.2) is 5.82 Å². The average molecular weight is 269 g/mol. The third-order valence-corrected chi connectivity index (χ3v) is 3.62. The molecule has 4 nitrogen and oxygen atoms in total. The van der Waals surface area contributed by atoms with Crippen LogP contribution in [0.3, 0.4) is 0 Å². The minimum atomic E-state index is 0.393. The number of para-hydroxylation sites is 1. The molecule has 0 saturated carbocycles. The summed E-state index contributed by atoms with van der Waals surface area (Å²) in [5, 5.41) is 0. The van der Waals surface area contributed by atoms with E-state index in [2.05, 4.69) is 9.97 Å². The molecule has 0 unspecified atom stereocenters. The second-order valence-corrected chi connectivity index (χ2v) is 5.02. The van der Waals surface area contributed by atoms with E-state index in [-0.39, 0.29) is 0 Å². The van der Waals surface area contributed by atoms with Crippen molar-refractivity contribution >= 4 is 0 Å². The number of fused-ring (bicyclic) bond motifs is 1. The Morgan fingerprint density at radius 1 is 1.05 bits per heavy atom.